The molecular formula is C14H21FN2. The minimum absolute atomic E-state index is 0.182. The lowest BCUT2D eigenvalue weighted by Gasteiger charge is -2.45. The molecule has 2 N–H and O–H groups in total. The van der Waals surface area contributed by atoms with E-state index in [1.54, 1.807) is 6.07 Å². The van der Waals surface area contributed by atoms with Crippen LogP contribution in [0.1, 0.15) is 26.7 Å². The number of rotatable bonds is 4. The SMILES string of the molecule is CN(c1ccccc1F)C(C)(CN)C1(C)CC1. The summed E-state index contributed by atoms with van der Waals surface area (Å²) in [5.41, 5.74) is 6.61. The van der Waals surface area contributed by atoms with Crippen molar-refractivity contribution in [2.45, 2.75) is 32.2 Å². The van der Waals surface area contributed by atoms with Crippen LogP contribution in [0.4, 0.5) is 10.1 Å². The number of hydrogen-bond donors (Lipinski definition) is 1. The van der Waals surface area contributed by atoms with Crippen LogP contribution in [0.2, 0.25) is 0 Å². The van der Waals surface area contributed by atoms with E-state index in [0.29, 0.717) is 12.2 Å². The molecule has 0 radical (unpaired) electrons. The molecule has 1 aliphatic rings. The molecule has 2 nitrogen and oxygen atoms in total. The van der Waals surface area contributed by atoms with Crippen LogP contribution in [0.25, 0.3) is 0 Å². The Morgan fingerprint density at radius 1 is 1.41 bits per heavy atom. The number of benzene rings is 1. The quantitative estimate of drug-likeness (QED) is 0.871. The van der Waals surface area contributed by atoms with Crippen molar-refractivity contribution in [3.8, 4) is 0 Å². The monoisotopic (exact) mass is 236 g/mol. The summed E-state index contributed by atoms with van der Waals surface area (Å²) in [6.45, 7) is 4.90. The summed E-state index contributed by atoms with van der Waals surface area (Å²) in [5.74, 6) is -0.182. The maximum Gasteiger partial charge on any atom is 0.146 e. The summed E-state index contributed by atoms with van der Waals surface area (Å²) in [7, 11) is 1.94. The maximum atomic E-state index is 13.8. The van der Waals surface area contributed by atoms with Crippen molar-refractivity contribution in [3.63, 3.8) is 0 Å². The van der Waals surface area contributed by atoms with Crippen LogP contribution < -0.4 is 10.6 Å². The van der Waals surface area contributed by atoms with Crippen LogP contribution >= 0.6 is 0 Å². The zero-order valence-electron chi connectivity index (χ0n) is 10.8. The highest BCUT2D eigenvalue weighted by atomic mass is 19.1. The molecule has 0 aromatic heterocycles. The molecule has 1 fully saturated rings. The number of halogens is 1. The Morgan fingerprint density at radius 2 is 2.00 bits per heavy atom. The predicted molar refractivity (Wildman–Crippen MR) is 69.6 cm³/mol. The van der Waals surface area contributed by atoms with E-state index in [4.69, 9.17) is 5.73 Å². The van der Waals surface area contributed by atoms with Crippen molar-refractivity contribution in [2.24, 2.45) is 11.1 Å². The second-order valence-corrected chi connectivity index (χ2v) is 5.55. The van der Waals surface area contributed by atoms with Crippen LogP contribution in [-0.4, -0.2) is 19.1 Å². The molecule has 0 amide bonds. The highest BCUT2D eigenvalue weighted by Crippen LogP contribution is 2.56. The molecule has 1 unspecified atom stereocenters. The van der Waals surface area contributed by atoms with Crippen LogP contribution in [0, 0.1) is 11.2 Å². The first kappa shape index (κ1) is 12.4. The number of nitrogens with zero attached hydrogens (tertiary/aromatic N) is 1. The normalized spacial score (nSPS) is 20.8. The van der Waals surface area contributed by atoms with Crippen LogP contribution in [0.5, 0.6) is 0 Å². The molecule has 0 saturated heterocycles. The lowest BCUT2D eigenvalue weighted by molar-refractivity contribution is 0.287. The molecule has 94 valence electrons. The fraction of sp³-hybridized carbons (Fsp3) is 0.571. The molecule has 1 aliphatic carbocycles. The second-order valence-electron chi connectivity index (χ2n) is 5.55. The maximum absolute atomic E-state index is 13.8. The average molecular weight is 236 g/mol. The van der Waals surface area contributed by atoms with Crippen molar-refractivity contribution in [1.82, 2.24) is 0 Å². The standard InChI is InChI=1S/C14H21FN2/c1-13(8-9-13)14(2,10-16)17(3)12-7-5-4-6-11(12)15/h4-7H,8-10,16H2,1-3H3. The van der Waals surface area contributed by atoms with Gasteiger partial charge in [0, 0.05) is 13.6 Å². The first-order valence-corrected chi connectivity index (χ1v) is 6.13. The molecular weight excluding hydrogens is 215 g/mol. The Bertz CT molecular complexity index is 414. The van der Waals surface area contributed by atoms with E-state index in [-0.39, 0.29) is 16.8 Å². The Morgan fingerprint density at radius 3 is 2.47 bits per heavy atom. The summed E-state index contributed by atoms with van der Waals surface area (Å²) in [4.78, 5) is 2.01. The molecule has 1 saturated carbocycles. The van der Waals surface area contributed by atoms with Gasteiger partial charge in [-0.05, 0) is 37.3 Å². The largest absolute Gasteiger partial charge is 0.365 e. The third-order valence-electron chi connectivity index (χ3n) is 4.65. The van der Waals surface area contributed by atoms with Gasteiger partial charge in [0.15, 0.2) is 0 Å². The van der Waals surface area contributed by atoms with Crippen LogP contribution in [0.15, 0.2) is 24.3 Å². The third kappa shape index (κ3) is 1.82. The number of hydrogen-bond acceptors (Lipinski definition) is 2. The molecule has 1 atom stereocenters. The summed E-state index contributed by atoms with van der Waals surface area (Å²) in [6, 6.07) is 6.89. The first-order chi connectivity index (χ1) is 7.94. The summed E-state index contributed by atoms with van der Waals surface area (Å²) >= 11 is 0. The van der Waals surface area contributed by atoms with Crippen molar-refractivity contribution >= 4 is 5.69 Å². The van der Waals surface area contributed by atoms with Crippen molar-refractivity contribution in [1.29, 1.82) is 0 Å². The minimum atomic E-state index is -0.185. The summed E-state index contributed by atoms with van der Waals surface area (Å²) in [6.07, 6.45) is 2.33. The zero-order chi connectivity index (χ0) is 12.7. The van der Waals surface area contributed by atoms with Crippen molar-refractivity contribution < 1.29 is 4.39 Å². The highest BCUT2D eigenvalue weighted by Gasteiger charge is 2.54. The van der Waals surface area contributed by atoms with Gasteiger partial charge < -0.3 is 10.6 Å². The van der Waals surface area contributed by atoms with Gasteiger partial charge in [-0.15, -0.1) is 0 Å². The topological polar surface area (TPSA) is 29.3 Å². The van der Waals surface area contributed by atoms with E-state index >= 15 is 0 Å². The molecule has 3 heteroatoms. The summed E-state index contributed by atoms with van der Waals surface area (Å²) < 4.78 is 13.8. The fourth-order valence-corrected chi connectivity index (χ4v) is 2.50. The number of anilines is 1. The fourth-order valence-electron chi connectivity index (χ4n) is 2.50. The average Bonchev–Trinajstić information content (AvgIpc) is 3.07. The Kier molecular flexibility index (Phi) is 2.90. The van der Waals surface area contributed by atoms with E-state index in [2.05, 4.69) is 13.8 Å². The molecule has 1 aromatic rings. The second kappa shape index (κ2) is 3.98. The summed E-state index contributed by atoms with van der Waals surface area (Å²) in [5, 5.41) is 0. The Labute approximate surface area is 103 Å². The molecule has 0 heterocycles. The third-order valence-corrected chi connectivity index (χ3v) is 4.65. The number of para-hydroxylation sites is 1. The molecule has 1 aromatic carbocycles. The van der Waals surface area contributed by atoms with Crippen LogP contribution in [0.3, 0.4) is 0 Å². The van der Waals surface area contributed by atoms with Gasteiger partial charge in [0.05, 0.1) is 11.2 Å². The number of nitrogens with two attached hydrogens (primary N) is 1. The van der Waals surface area contributed by atoms with E-state index < -0.39 is 0 Å². The van der Waals surface area contributed by atoms with Gasteiger partial charge in [-0.25, -0.2) is 4.39 Å². The molecule has 2 rings (SSSR count). The first-order valence-electron chi connectivity index (χ1n) is 6.13. The predicted octanol–water partition coefficient (Wildman–Crippen LogP) is 2.78. The number of likely N-dealkylation sites (N-methyl/N-ethyl adjacent to an activating group) is 1. The van der Waals surface area contributed by atoms with Gasteiger partial charge in [-0.1, -0.05) is 19.1 Å². The molecule has 0 aliphatic heterocycles. The zero-order valence-corrected chi connectivity index (χ0v) is 10.8. The Hall–Kier alpha value is -1.09. The molecule has 0 spiro atoms. The molecule has 17 heavy (non-hydrogen) atoms. The minimum Gasteiger partial charge on any atom is -0.365 e. The van der Waals surface area contributed by atoms with Gasteiger partial charge in [-0.2, -0.15) is 0 Å². The van der Waals surface area contributed by atoms with E-state index in [1.807, 2.05) is 24.1 Å². The van der Waals surface area contributed by atoms with Gasteiger partial charge in [0.1, 0.15) is 5.82 Å². The van der Waals surface area contributed by atoms with E-state index in [9.17, 15) is 4.39 Å². The van der Waals surface area contributed by atoms with Gasteiger partial charge in [0.25, 0.3) is 0 Å². The van der Waals surface area contributed by atoms with Gasteiger partial charge in [-0.3, -0.25) is 0 Å². The van der Waals surface area contributed by atoms with E-state index in [1.165, 1.54) is 18.9 Å². The molecule has 0 bridgehead atoms. The van der Waals surface area contributed by atoms with E-state index in [0.717, 1.165) is 0 Å². The Balaban J connectivity index is 2.36. The van der Waals surface area contributed by atoms with Gasteiger partial charge >= 0.3 is 0 Å². The van der Waals surface area contributed by atoms with Crippen LogP contribution in [-0.2, 0) is 0 Å². The van der Waals surface area contributed by atoms with Crippen molar-refractivity contribution in [3.05, 3.63) is 30.1 Å². The van der Waals surface area contributed by atoms with Gasteiger partial charge in [0.2, 0.25) is 0 Å². The lowest BCUT2D eigenvalue weighted by atomic mass is 9.82. The van der Waals surface area contributed by atoms with Crippen molar-refractivity contribution in [2.75, 3.05) is 18.5 Å². The highest BCUT2D eigenvalue weighted by molar-refractivity contribution is 5.50. The smallest absolute Gasteiger partial charge is 0.146 e. The lowest BCUT2D eigenvalue weighted by Crippen LogP contribution is -2.56.